The SMILES string of the molecule is CCc1nc(-c2cc(C(C)(C)C)cc(-n3c4ccccc4c4ccccc43)c2O)no1. The van der Waals surface area contributed by atoms with E-state index in [2.05, 4.69) is 65.8 Å². The summed E-state index contributed by atoms with van der Waals surface area (Å²) in [6, 6.07) is 20.6. The van der Waals surface area contributed by atoms with E-state index in [1.54, 1.807) is 0 Å². The van der Waals surface area contributed by atoms with Crippen molar-refractivity contribution in [3.63, 3.8) is 0 Å². The Hall–Kier alpha value is -3.60. The van der Waals surface area contributed by atoms with E-state index in [0.717, 1.165) is 27.4 Å². The fraction of sp³-hybridized carbons (Fsp3) is 0.231. The molecule has 3 aromatic carbocycles. The van der Waals surface area contributed by atoms with Gasteiger partial charge in [-0.3, -0.25) is 0 Å². The van der Waals surface area contributed by atoms with Gasteiger partial charge in [0.25, 0.3) is 0 Å². The van der Waals surface area contributed by atoms with Crippen molar-refractivity contribution in [1.82, 2.24) is 14.7 Å². The van der Waals surface area contributed by atoms with E-state index < -0.39 is 0 Å². The molecule has 5 rings (SSSR count). The Morgan fingerprint density at radius 2 is 1.55 bits per heavy atom. The Balaban J connectivity index is 1.89. The van der Waals surface area contributed by atoms with E-state index in [1.807, 2.05) is 37.3 Å². The molecular weight excluding hydrogens is 386 g/mol. The highest BCUT2D eigenvalue weighted by molar-refractivity contribution is 6.09. The number of hydrogen-bond donors (Lipinski definition) is 1. The van der Waals surface area contributed by atoms with Crippen molar-refractivity contribution in [2.45, 2.75) is 39.5 Å². The van der Waals surface area contributed by atoms with Crippen LogP contribution in [0.5, 0.6) is 5.75 Å². The summed E-state index contributed by atoms with van der Waals surface area (Å²) >= 11 is 0. The number of benzene rings is 3. The minimum absolute atomic E-state index is 0.132. The largest absolute Gasteiger partial charge is 0.505 e. The van der Waals surface area contributed by atoms with Crippen molar-refractivity contribution in [2.24, 2.45) is 0 Å². The highest BCUT2D eigenvalue weighted by Gasteiger charge is 2.24. The van der Waals surface area contributed by atoms with Gasteiger partial charge in [0.15, 0.2) is 5.75 Å². The van der Waals surface area contributed by atoms with Crippen LogP contribution in [-0.4, -0.2) is 19.8 Å². The van der Waals surface area contributed by atoms with E-state index in [1.165, 1.54) is 0 Å². The quantitative estimate of drug-likeness (QED) is 0.373. The lowest BCUT2D eigenvalue weighted by atomic mass is 9.85. The number of para-hydroxylation sites is 2. The predicted octanol–water partition coefficient (Wildman–Crippen LogP) is 6.40. The van der Waals surface area contributed by atoms with E-state index in [9.17, 15) is 5.11 Å². The van der Waals surface area contributed by atoms with Crippen LogP contribution in [0, 0.1) is 0 Å². The first-order valence-electron chi connectivity index (χ1n) is 10.6. The third-order valence-corrected chi connectivity index (χ3v) is 5.79. The zero-order valence-corrected chi connectivity index (χ0v) is 18.2. The lowest BCUT2D eigenvalue weighted by Crippen LogP contribution is -2.12. The van der Waals surface area contributed by atoms with Gasteiger partial charge in [-0.05, 0) is 35.2 Å². The van der Waals surface area contributed by atoms with Gasteiger partial charge >= 0.3 is 0 Å². The second-order valence-corrected chi connectivity index (χ2v) is 8.88. The van der Waals surface area contributed by atoms with Gasteiger partial charge in [-0.2, -0.15) is 4.98 Å². The van der Waals surface area contributed by atoms with Crippen LogP contribution in [0.1, 0.15) is 39.1 Å². The van der Waals surface area contributed by atoms with Gasteiger partial charge in [-0.1, -0.05) is 69.2 Å². The van der Waals surface area contributed by atoms with E-state index in [4.69, 9.17) is 4.52 Å². The lowest BCUT2D eigenvalue weighted by molar-refractivity contribution is 0.382. The molecule has 0 amide bonds. The molecule has 0 aliphatic heterocycles. The normalized spacial score (nSPS) is 12.1. The van der Waals surface area contributed by atoms with Gasteiger partial charge in [-0.15, -0.1) is 0 Å². The fourth-order valence-electron chi connectivity index (χ4n) is 4.08. The summed E-state index contributed by atoms with van der Waals surface area (Å²) in [6.45, 7) is 8.44. The summed E-state index contributed by atoms with van der Waals surface area (Å²) < 4.78 is 7.47. The number of rotatable bonds is 3. The van der Waals surface area contributed by atoms with Gasteiger partial charge in [0, 0.05) is 17.2 Å². The van der Waals surface area contributed by atoms with Crippen LogP contribution < -0.4 is 0 Å². The van der Waals surface area contributed by atoms with Crippen LogP contribution in [-0.2, 0) is 11.8 Å². The minimum Gasteiger partial charge on any atom is -0.505 e. The Morgan fingerprint density at radius 1 is 0.935 bits per heavy atom. The zero-order chi connectivity index (χ0) is 21.8. The predicted molar refractivity (Wildman–Crippen MR) is 124 cm³/mol. The van der Waals surface area contributed by atoms with Crippen molar-refractivity contribution in [3.8, 4) is 22.8 Å². The summed E-state index contributed by atoms with van der Waals surface area (Å²) in [5.41, 5.74) is 4.32. The van der Waals surface area contributed by atoms with Crippen molar-refractivity contribution in [2.75, 3.05) is 0 Å². The standard InChI is InChI=1S/C26H25N3O2/c1-5-23-27-25(28-31-23)19-14-16(26(2,3)4)15-22(24(19)30)29-20-12-8-6-10-17(20)18-11-7-9-13-21(18)29/h6-15,30H,5H2,1-4H3. The van der Waals surface area contributed by atoms with Crippen molar-refractivity contribution in [1.29, 1.82) is 0 Å². The molecule has 2 heterocycles. The summed E-state index contributed by atoms with van der Waals surface area (Å²) in [5, 5.41) is 17.9. The maximum absolute atomic E-state index is 11.5. The Bertz CT molecular complexity index is 1370. The number of hydrogen-bond acceptors (Lipinski definition) is 4. The molecule has 1 N–H and O–H groups in total. The minimum atomic E-state index is -0.132. The second-order valence-electron chi connectivity index (χ2n) is 8.88. The number of aromatic hydroxyl groups is 1. The summed E-state index contributed by atoms with van der Waals surface area (Å²) in [6.07, 6.45) is 0.645. The van der Waals surface area contributed by atoms with Gasteiger partial charge in [0.2, 0.25) is 11.7 Å². The van der Waals surface area contributed by atoms with Crippen molar-refractivity contribution < 1.29 is 9.63 Å². The summed E-state index contributed by atoms with van der Waals surface area (Å²) in [4.78, 5) is 4.48. The molecule has 0 spiro atoms. The molecule has 5 nitrogen and oxygen atoms in total. The Labute approximate surface area is 180 Å². The molecule has 0 radical (unpaired) electrons. The first-order chi connectivity index (χ1) is 14.9. The first-order valence-corrected chi connectivity index (χ1v) is 10.6. The van der Waals surface area contributed by atoms with Crippen LogP contribution in [0.4, 0.5) is 0 Å². The monoisotopic (exact) mass is 411 g/mol. The molecule has 0 atom stereocenters. The molecule has 0 saturated heterocycles. The first kappa shape index (κ1) is 19.4. The number of aryl methyl sites for hydroxylation is 1. The molecular formula is C26H25N3O2. The average Bonchev–Trinajstić information content (AvgIpc) is 3.36. The molecule has 5 aromatic rings. The van der Waals surface area contributed by atoms with Crippen LogP contribution >= 0.6 is 0 Å². The number of aromatic nitrogens is 3. The van der Waals surface area contributed by atoms with Crippen LogP contribution in [0.25, 0.3) is 38.9 Å². The highest BCUT2D eigenvalue weighted by atomic mass is 16.5. The third-order valence-electron chi connectivity index (χ3n) is 5.79. The van der Waals surface area contributed by atoms with E-state index >= 15 is 0 Å². The molecule has 156 valence electrons. The van der Waals surface area contributed by atoms with Crippen LogP contribution in [0.2, 0.25) is 0 Å². The second kappa shape index (κ2) is 6.98. The molecule has 0 saturated carbocycles. The summed E-state index contributed by atoms with van der Waals surface area (Å²) in [7, 11) is 0. The molecule has 0 unspecified atom stereocenters. The molecule has 0 aliphatic rings. The zero-order valence-electron chi connectivity index (χ0n) is 18.2. The fourth-order valence-corrected chi connectivity index (χ4v) is 4.08. The maximum Gasteiger partial charge on any atom is 0.226 e. The smallest absolute Gasteiger partial charge is 0.226 e. The molecule has 31 heavy (non-hydrogen) atoms. The molecule has 2 aromatic heterocycles. The maximum atomic E-state index is 11.5. The van der Waals surface area contributed by atoms with Crippen LogP contribution in [0.15, 0.2) is 65.2 Å². The van der Waals surface area contributed by atoms with Gasteiger partial charge < -0.3 is 14.2 Å². The van der Waals surface area contributed by atoms with E-state index in [0.29, 0.717) is 29.4 Å². The van der Waals surface area contributed by atoms with Gasteiger partial charge in [0.1, 0.15) is 0 Å². The summed E-state index contributed by atoms with van der Waals surface area (Å²) in [5.74, 6) is 1.10. The number of phenolic OH excluding ortho intramolecular Hbond substituents is 1. The Morgan fingerprint density at radius 3 is 2.10 bits per heavy atom. The third kappa shape index (κ3) is 3.08. The Kier molecular flexibility index (Phi) is 4.36. The molecule has 0 aliphatic carbocycles. The van der Waals surface area contributed by atoms with Crippen molar-refractivity contribution in [3.05, 3.63) is 72.1 Å². The number of fused-ring (bicyclic) bond motifs is 3. The number of nitrogens with zero attached hydrogens (tertiary/aromatic N) is 3. The topological polar surface area (TPSA) is 64.1 Å². The van der Waals surface area contributed by atoms with Gasteiger partial charge in [0.05, 0.1) is 22.3 Å². The number of phenols is 1. The molecule has 5 heteroatoms. The highest BCUT2D eigenvalue weighted by Crippen LogP contribution is 2.41. The van der Waals surface area contributed by atoms with Gasteiger partial charge in [-0.25, -0.2) is 0 Å². The molecule has 0 fully saturated rings. The van der Waals surface area contributed by atoms with E-state index in [-0.39, 0.29) is 11.2 Å². The lowest BCUT2D eigenvalue weighted by Gasteiger charge is -2.22. The van der Waals surface area contributed by atoms with Crippen LogP contribution in [0.3, 0.4) is 0 Å². The molecule has 0 bridgehead atoms. The van der Waals surface area contributed by atoms with Crippen molar-refractivity contribution >= 4 is 21.8 Å². The average molecular weight is 412 g/mol.